The second kappa shape index (κ2) is 10.1. The van der Waals surface area contributed by atoms with Crippen LogP contribution in [0.2, 0.25) is 0 Å². The molecule has 0 radical (unpaired) electrons. The number of aliphatic carboxylic acids is 1. The molecule has 0 saturated carbocycles. The molecule has 0 saturated heterocycles. The van der Waals surface area contributed by atoms with Gasteiger partial charge in [0, 0.05) is 12.0 Å². The summed E-state index contributed by atoms with van der Waals surface area (Å²) in [5.74, 6) is -0.839. The smallest absolute Gasteiger partial charge is 0.326 e. The Morgan fingerprint density at radius 1 is 0.906 bits per heavy atom. The van der Waals surface area contributed by atoms with Crippen molar-refractivity contribution >= 4 is 11.9 Å². The first-order valence-corrected chi connectivity index (χ1v) is 10.6. The third kappa shape index (κ3) is 6.45. The maximum Gasteiger partial charge on any atom is 0.326 e. The predicted octanol–water partition coefficient (Wildman–Crippen LogP) is 4.99. The quantitative estimate of drug-likeness (QED) is 0.527. The van der Waals surface area contributed by atoms with Crippen molar-refractivity contribution in [1.29, 1.82) is 0 Å². The van der Waals surface area contributed by atoms with Crippen molar-refractivity contribution in [3.8, 4) is 5.75 Å². The lowest BCUT2D eigenvalue weighted by molar-refractivity contribution is -0.139. The highest BCUT2D eigenvalue weighted by molar-refractivity contribution is 5.96. The summed E-state index contributed by atoms with van der Waals surface area (Å²) < 4.78 is 5.83. The van der Waals surface area contributed by atoms with E-state index in [0.717, 1.165) is 16.7 Å². The van der Waals surface area contributed by atoms with E-state index in [9.17, 15) is 14.7 Å². The molecule has 2 N–H and O–H groups in total. The number of hydrogen-bond donors (Lipinski definition) is 2. The molecule has 0 fully saturated rings. The lowest BCUT2D eigenvalue weighted by atomic mass is 9.86. The van der Waals surface area contributed by atoms with E-state index in [-0.39, 0.29) is 11.8 Å². The largest absolute Gasteiger partial charge is 0.489 e. The maximum atomic E-state index is 12.6. The Labute approximate surface area is 189 Å². The first kappa shape index (κ1) is 23.1. The van der Waals surface area contributed by atoms with Gasteiger partial charge in [0.15, 0.2) is 0 Å². The van der Waals surface area contributed by atoms with Gasteiger partial charge in [-0.25, -0.2) is 4.79 Å². The van der Waals surface area contributed by atoms with Gasteiger partial charge in [0.1, 0.15) is 18.4 Å². The molecule has 1 amide bonds. The Balaban J connectivity index is 1.65. The molecule has 5 nitrogen and oxygen atoms in total. The fourth-order valence-corrected chi connectivity index (χ4v) is 3.30. The number of nitrogens with one attached hydrogen (secondary N) is 1. The molecule has 0 heterocycles. The third-order valence-electron chi connectivity index (χ3n) is 5.20. The summed E-state index contributed by atoms with van der Waals surface area (Å²) in [5.41, 5.74) is 3.34. The van der Waals surface area contributed by atoms with Crippen molar-refractivity contribution in [3.05, 3.63) is 101 Å². The van der Waals surface area contributed by atoms with Gasteiger partial charge < -0.3 is 15.2 Å². The fraction of sp³-hybridized carbons (Fsp3) is 0.259. The topological polar surface area (TPSA) is 75.6 Å². The summed E-state index contributed by atoms with van der Waals surface area (Å²) in [7, 11) is 0. The number of ether oxygens (including phenoxy) is 1. The molecule has 3 aromatic rings. The minimum Gasteiger partial charge on any atom is -0.489 e. The lowest BCUT2D eigenvalue weighted by Gasteiger charge is -2.19. The number of carbonyl (C=O) groups is 2. The third-order valence-corrected chi connectivity index (χ3v) is 5.20. The Hall–Kier alpha value is -3.60. The van der Waals surface area contributed by atoms with Crippen LogP contribution in [0, 0.1) is 0 Å². The molecule has 3 rings (SSSR count). The molecule has 0 aliphatic heterocycles. The highest BCUT2D eigenvalue weighted by Gasteiger charge is 2.22. The first-order valence-electron chi connectivity index (χ1n) is 10.6. The zero-order valence-electron chi connectivity index (χ0n) is 18.7. The molecule has 32 heavy (non-hydrogen) atoms. The van der Waals surface area contributed by atoms with Crippen LogP contribution in [-0.2, 0) is 23.2 Å². The molecular weight excluding hydrogens is 402 g/mol. The highest BCUT2D eigenvalue weighted by atomic mass is 16.5. The summed E-state index contributed by atoms with van der Waals surface area (Å²) in [6, 6.07) is 23.3. The van der Waals surface area contributed by atoms with Crippen LogP contribution in [-0.4, -0.2) is 23.0 Å². The average Bonchev–Trinajstić information content (AvgIpc) is 2.77. The van der Waals surface area contributed by atoms with Crippen molar-refractivity contribution in [1.82, 2.24) is 5.32 Å². The van der Waals surface area contributed by atoms with Crippen LogP contribution >= 0.6 is 0 Å². The zero-order valence-corrected chi connectivity index (χ0v) is 18.7. The van der Waals surface area contributed by atoms with E-state index in [1.54, 1.807) is 12.1 Å². The fourth-order valence-electron chi connectivity index (χ4n) is 3.30. The Morgan fingerprint density at radius 2 is 1.56 bits per heavy atom. The first-order chi connectivity index (χ1) is 15.2. The van der Waals surface area contributed by atoms with Gasteiger partial charge in [-0.2, -0.15) is 0 Å². The van der Waals surface area contributed by atoms with Crippen molar-refractivity contribution in [3.63, 3.8) is 0 Å². The minimum absolute atomic E-state index is 0.0216. The molecule has 0 aliphatic rings. The van der Waals surface area contributed by atoms with E-state index in [1.807, 2.05) is 66.7 Å². The van der Waals surface area contributed by atoms with Crippen molar-refractivity contribution < 1.29 is 19.4 Å². The molecule has 0 spiro atoms. The monoisotopic (exact) mass is 431 g/mol. The second-order valence-corrected chi connectivity index (χ2v) is 8.82. The maximum absolute atomic E-state index is 12.6. The van der Waals surface area contributed by atoms with E-state index >= 15 is 0 Å². The van der Waals surface area contributed by atoms with Crippen LogP contribution in [0.3, 0.4) is 0 Å². The average molecular weight is 432 g/mol. The van der Waals surface area contributed by atoms with Crippen LogP contribution in [0.25, 0.3) is 0 Å². The number of carboxylic acid groups (broad SMARTS) is 1. The number of amides is 1. The van der Waals surface area contributed by atoms with Gasteiger partial charge in [0.05, 0.1) is 0 Å². The minimum atomic E-state index is -1.08. The SMILES string of the molecule is CC(C)(C)c1ccc(C(=O)N[C@H](Cc2cccc(OCc3ccccc3)c2)C(=O)O)cc1. The van der Waals surface area contributed by atoms with Crippen molar-refractivity contribution in [2.24, 2.45) is 0 Å². The molecule has 0 aliphatic carbocycles. The molecule has 1 atom stereocenters. The number of rotatable bonds is 8. The van der Waals surface area contributed by atoms with E-state index < -0.39 is 17.9 Å². The zero-order chi connectivity index (χ0) is 23.1. The van der Waals surface area contributed by atoms with Gasteiger partial charge in [-0.1, -0.05) is 75.4 Å². The molecule has 0 aromatic heterocycles. The van der Waals surface area contributed by atoms with Gasteiger partial charge in [-0.05, 0) is 46.4 Å². The Bertz CT molecular complexity index is 1050. The molecule has 0 bridgehead atoms. The number of benzene rings is 3. The summed E-state index contributed by atoms with van der Waals surface area (Å²) in [4.78, 5) is 24.4. The van der Waals surface area contributed by atoms with Crippen LogP contribution in [0.15, 0.2) is 78.9 Å². The van der Waals surface area contributed by atoms with Gasteiger partial charge >= 0.3 is 5.97 Å². The lowest BCUT2D eigenvalue weighted by Crippen LogP contribution is -2.42. The van der Waals surface area contributed by atoms with E-state index in [2.05, 4.69) is 26.1 Å². The van der Waals surface area contributed by atoms with E-state index in [4.69, 9.17) is 4.74 Å². The predicted molar refractivity (Wildman–Crippen MR) is 125 cm³/mol. The van der Waals surface area contributed by atoms with Crippen LogP contribution in [0.5, 0.6) is 5.75 Å². The van der Waals surface area contributed by atoms with E-state index in [1.165, 1.54) is 0 Å². The Morgan fingerprint density at radius 3 is 2.19 bits per heavy atom. The molecule has 5 heteroatoms. The van der Waals surface area contributed by atoms with Gasteiger partial charge in [-0.3, -0.25) is 4.79 Å². The summed E-state index contributed by atoms with van der Waals surface area (Å²) in [6.07, 6.45) is 0.156. The van der Waals surface area contributed by atoms with Gasteiger partial charge in [0.2, 0.25) is 0 Å². The van der Waals surface area contributed by atoms with Crippen LogP contribution < -0.4 is 10.1 Å². The second-order valence-electron chi connectivity index (χ2n) is 8.82. The van der Waals surface area contributed by atoms with Crippen LogP contribution in [0.1, 0.15) is 47.8 Å². The number of carbonyl (C=O) groups excluding carboxylic acids is 1. The normalized spacial score (nSPS) is 12.1. The molecule has 3 aromatic carbocycles. The summed E-state index contributed by atoms with van der Waals surface area (Å²) in [5, 5.41) is 12.3. The Kier molecular flexibility index (Phi) is 7.31. The molecular formula is C27H29NO4. The van der Waals surface area contributed by atoms with Crippen molar-refractivity contribution in [2.45, 2.75) is 45.3 Å². The summed E-state index contributed by atoms with van der Waals surface area (Å²) in [6.45, 7) is 6.72. The number of carboxylic acids is 1. The molecule has 0 unspecified atom stereocenters. The van der Waals surface area contributed by atoms with Crippen LogP contribution in [0.4, 0.5) is 0 Å². The number of hydrogen-bond acceptors (Lipinski definition) is 3. The van der Waals surface area contributed by atoms with Gasteiger partial charge in [-0.15, -0.1) is 0 Å². The van der Waals surface area contributed by atoms with Crippen molar-refractivity contribution in [2.75, 3.05) is 0 Å². The summed E-state index contributed by atoms with van der Waals surface area (Å²) >= 11 is 0. The van der Waals surface area contributed by atoms with Gasteiger partial charge in [0.25, 0.3) is 5.91 Å². The highest BCUT2D eigenvalue weighted by Crippen LogP contribution is 2.22. The standard InChI is InChI=1S/C27H29NO4/c1-27(2,3)22-14-12-21(13-15-22)25(29)28-24(26(30)31)17-20-10-7-11-23(16-20)32-18-19-8-5-4-6-9-19/h4-16,24H,17-18H2,1-3H3,(H,28,29)(H,30,31)/t24-/m1/s1. The molecule has 166 valence electrons. The van der Waals surface area contributed by atoms with E-state index in [0.29, 0.717) is 17.9 Å².